The predicted octanol–water partition coefficient (Wildman–Crippen LogP) is 2.12. The first-order valence-corrected chi connectivity index (χ1v) is 4.64. The second-order valence-electron chi connectivity index (χ2n) is 3.59. The molecular weight excluding hydrogens is 162 g/mol. The van der Waals surface area contributed by atoms with Gasteiger partial charge in [-0.1, -0.05) is 13.8 Å². The number of rotatable bonds is 4. The molecule has 1 aromatic heterocycles. The fraction of sp³-hybridized carbons (Fsp3) is 0.500. The van der Waals surface area contributed by atoms with Gasteiger partial charge in [-0.3, -0.25) is 0 Å². The van der Waals surface area contributed by atoms with Crippen LogP contribution in [0.15, 0.2) is 18.3 Å². The van der Waals surface area contributed by atoms with Crippen molar-refractivity contribution in [2.24, 2.45) is 5.92 Å². The van der Waals surface area contributed by atoms with E-state index in [0.717, 1.165) is 24.7 Å². The molecule has 0 aromatic carbocycles. The van der Waals surface area contributed by atoms with Gasteiger partial charge in [0.25, 0.3) is 0 Å². The third-order valence-electron chi connectivity index (χ3n) is 1.81. The number of aromatic nitrogens is 1. The maximum Gasteiger partial charge on any atom is 0.126 e. The topological polar surface area (TPSA) is 50.9 Å². The summed E-state index contributed by atoms with van der Waals surface area (Å²) in [5.41, 5.74) is 6.22. The van der Waals surface area contributed by atoms with Gasteiger partial charge in [-0.15, -0.1) is 0 Å². The lowest BCUT2D eigenvalue weighted by Crippen LogP contribution is -2.05. The Morgan fingerprint density at radius 3 is 2.77 bits per heavy atom. The van der Waals surface area contributed by atoms with Gasteiger partial charge in [-0.2, -0.15) is 0 Å². The molecule has 0 spiro atoms. The van der Waals surface area contributed by atoms with Gasteiger partial charge in [-0.25, -0.2) is 4.98 Å². The van der Waals surface area contributed by atoms with Gasteiger partial charge in [0, 0.05) is 6.54 Å². The number of nitrogens with one attached hydrogen (secondary N) is 1. The Bertz CT molecular complexity index is 241. The van der Waals surface area contributed by atoms with Crippen molar-refractivity contribution in [1.29, 1.82) is 0 Å². The third kappa shape index (κ3) is 3.78. The van der Waals surface area contributed by atoms with E-state index in [1.54, 1.807) is 6.20 Å². The zero-order chi connectivity index (χ0) is 9.68. The molecule has 3 nitrogen and oxygen atoms in total. The Kier molecular flexibility index (Phi) is 3.55. The van der Waals surface area contributed by atoms with E-state index in [9.17, 15) is 0 Å². The molecule has 0 amide bonds. The minimum atomic E-state index is 0.703. The molecule has 13 heavy (non-hydrogen) atoms. The standard InChI is InChI=1S/C10H17N3/c1-8(2)5-6-12-10-4-3-9(11)7-13-10/h3-4,7-8H,5-6,11H2,1-2H3,(H,12,13). The Morgan fingerprint density at radius 1 is 1.46 bits per heavy atom. The number of nitrogens with two attached hydrogens (primary N) is 1. The van der Waals surface area contributed by atoms with Gasteiger partial charge in [0.15, 0.2) is 0 Å². The van der Waals surface area contributed by atoms with Crippen LogP contribution < -0.4 is 11.1 Å². The molecule has 0 bridgehead atoms. The molecule has 0 aliphatic heterocycles. The molecule has 0 atom stereocenters. The largest absolute Gasteiger partial charge is 0.397 e. The van der Waals surface area contributed by atoms with E-state index in [4.69, 9.17) is 5.73 Å². The minimum absolute atomic E-state index is 0.703. The van der Waals surface area contributed by atoms with E-state index in [0.29, 0.717) is 5.69 Å². The summed E-state index contributed by atoms with van der Waals surface area (Å²) in [5, 5.41) is 3.24. The highest BCUT2D eigenvalue weighted by Crippen LogP contribution is 2.06. The summed E-state index contributed by atoms with van der Waals surface area (Å²) < 4.78 is 0. The molecule has 0 aliphatic carbocycles. The first kappa shape index (κ1) is 9.84. The maximum atomic E-state index is 5.51. The van der Waals surface area contributed by atoms with E-state index in [1.807, 2.05) is 12.1 Å². The zero-order valence-corrected chi connectivity index (χ0v) is 8.25. The molecule has 0 unspecified atom stereocenters. The van der Waals surface area contributed by atoms with Crippen molar-refractivity contribution in [2.45, 2.75) is 20.3 Å². The maximum absolute atomic E-state index is 5.51. The second-order valence-corrected chi connectivity index (χ2v) is 3.59. The van der Waals surface area contributed by atoms with Crippen LogP contribution in [0.5, 0.6) is 0 Å². The van der Waals surface area contributed by atoms with Crippen LogP contribution in [0.1, 0.15) is 20.3 Å². The van der Waals surface area contributed by atoms with Crippen molar-refractivity contribution in [2.75, 3.05) is 17.6 Å². The highest BCUT2D eigenvalue weighted by molar-refractivity contribution is 5.43. The molecule has 1 aromatic rings. The van der Waals surface area contributed by atoms with Gasteiger partial charge < -0.3 is 11.1 Å². The average molecular weight is 179 g/mol. The molecule has 0 aliphatic rings. The summed E-state index contributed by atoms with van der Waals surface area (Å²) in [5.74, 6) is 1.62. The van der Waals surface area contributed by atoms with Crippen LogP contribution in [-0.2, 0) is 0 Å². The highest BCUT2D eigenvalue weighted by Gasteiger charge is 1.95. The van der Waals surface area contributed by atoms with Crippen LogP contribution in [0.2, 0.25) is 0 Å². The fourth-order valence-electron chi connectivity index (χ4n) is 0.999. The van der Waals surface area contributed by atoms with Crippen LogP contribution in [0, 0.1) is 5.92 Å². The van der Waals surface area contributed by atoms with E-state index in [-0.39, 0.29) is 0 Å². The monoisotopic (exact) mass is 179 g/mol. The number of anilines is 2. The lowest BCUT2D eigenvalue weighted by molar-refractivity contribution is 0.606. The number of pyridine rings is 1. The van der Waals surface area contributed by atoms with Gasteiger partial charge in [0.2, 0.25) is 0 Å². The molecule has 72 valence electrons. The summed E-state index contributed by atoms with van der Waals surface area (Å²) in [6, 6.07) is 3.75. The van der Waals surface area contributed by atoms with Gasteiger partial charge in [0.1, 0.15) is 5.82 Å². The minimum Gasteiger partial charge on any atom is -0.397 e. The zero-order valence-electron chi connectivity index (χ0n) is 8.25. The summed E-state index contributed by atoms with van der Waals surface area (Å²) in [4.78, 5) is 4.14. The predicted molar refractivity (Wildman–Crippen MR) is 56.6 cm³/mol. The van der Waals surface area contributed by atoms with Crippen molar-refractivity contribution in [3.8, 4) is 0 Å². The summed E-state index contributed by atoms with van der Waals surface area (Å²) in [7, 11) is 0. The van der Waals surface area contributed by atoms with E-state index in [2.05, 4.69) is 24.1 Å². The molecule has 1 heterocycles. The van der Waals surface area contributed by atoms with Gasteiger partial charge in [0.05, 0.1) is 11.9 Å². The van der Waals surface area contributed by atoms with Crippen molar-refractivity contribution in [3.63, 3.8) is 0 Å². The number of hydrogen-bond donors (Lipinski definition) is 2. The third-order valence-corrected chi connectivity index (χ3v) is 1.81. The quantitative estimate of drug-likeness (QED) is 0.744. The van der Waals surface area contributed by atoms with Crippen LogP contribution >= 0.6 is 0 Å². The van der Waals surface area contributed by atoms with Crippen molar-refractivity contribution < 1.29 is 0 Å². The Balaban J connectivity index is 2.33. The smallest absolute Gasteiger partial charge is 0.126 e. The summed E-state index contributed by atoms with van der Waals surface area (Å²) in [6.07, 6.45) is 2.82. The summed E-state index contributed by atoms with van der Waals surface area (Å²) >= 11 is 0. The Morgan fingerprint density at radius 2 is 2.23 bits per heavy atom. The van der Waals surface area contributed by atoms with Crippen LogP contribution in [0.25, 0.3) is 0 Å². The Labute approximate surface area is 79.4 Å². The van der Waals surface area contributed by atoms with Crippen molar-refractivity contribution in [1.82, 2.24) is 4.98 Å². The lowest BCUT2D eigenvalue weighted by atomic mass is 10.1. The SMILES string of the molecule is CC(C)CCNc1ccc(N)cn1. The Hall–Kier alpha value is -1.25. The van der Waals surface area contributed by atoms with E-state index >= 15 is 0 Å². The summed E-state index contributed by atoms with van der Waals surface area (Å²) in [6.45, 7) is 5.38. The van der Waals surface area contributed by atoms with Crippen LogP contribution in [0.3, 0.4) is 0 Å². The molecule has 0 fully saturated rings. The first-order valence-electron chi connectivity index (χ1n) is 4.64. The molecule has 0 radical (unpaired) electrons. The average Bonchev–Trinajstić information content (AvgIpc) is 2.08. The molecule has 3 N–H and O–H groups in total. The molecule has 0 saturated heterocycles. The molecular formula is C10H17N3. The van der Waals surface area contributed by atoms with Gasteiger partial charge >= 0.3 is 0 Å². The second kappa shape index (κ2) is 4.70. The molecule has 0 saturated carbocycles. The highest BCUT2D eigenvalue weighted by atomic mass is 15.0. The lowest BCUT2D eigenvalue weighted by Gasteiger charge is -2.07. The van der Waals surface area contributed by atoms with Crippen molar-refractivity contribution >= 4 is 11.5 Å². The van der Waals surface area contributed by atoms with E-state index in [1.165, 1.54) is 0 Å². The normalized spacial score (nSPS) is 10.4. The number of nitrogen functional groups attached to an aromatic ring is 1. The molecule has 1 rings (SSSR count). The number of hydrogen-bond acceptors (Lipinski definition) is 3. The van der Waals surface area contributed by atoms with Crippen LogP contribution in [-0.4, -0.2) is 11.5 Å². The van der Waals surface area contributed by atoms with Crippen molar-refractivity contribution in [3.05, 3.63) is 18.3 Å². The van der Waals surface area contributed by atoms with Gasteiger partial charge in [-0.05, 0) is 24.5 Å². The molecule has 3 heteroatoms. The van der Waals surface area contributed by atoms with Crippen LogP contribution in [0.4, 0.5) is 11.5 Å². The fourth-order valence-corrected chi connectivity index (χ4v) is 0.999. The number of nitrogens with zero attached hydrogens (tertiary/aromatic N) is 1. The van der Waals surface area contributed by atoms with E-state index < -0.39 is 0 Å². The first-order chi connectivity index (χ1) is 6.18.